The Hall–Kier alpha value is -0.810. The molecule has 0 aromatic rings. The van der Waals surface area contributed by atoms with E-state index in [2.05, 4.69) is 0 Å². The first kappa shape index (κ1) is 13.6. The number of carbonyl (C=O) groups is 1. The topological polar surface area (TPSA) is 64.8 Å². The number of ether oxygens (including phenoxy) is 2. The van der Waals surface area contributed by atoms with Crippen molar-refractivity contribution in [1.29, 1.82) is 0 Å². The van der Waals surface area contributed by atoms with Crippen molar-refractivity contribution in [1.82, 2.24) is 4.90 Å². The molecule has 2 N–H and O–H groups in total. The summed E-state index contributed by atoms with van der Waals surface area (Å²) >= 11 is 0. The van der Waals surface area contributed by atoms with Crippen molar-refractivity contribution in [2.45, 2.75) is 45.3 Å². The Morgan fingerprint density at radius 3 is 2.44 bits per heavy atom. The van der Waals surface area contributed by atoms with E-state index in [1.807, 2.05) is 20.8 Å². The molecule has 1 atom stereocenters. The van der Waals surface area contributed by atoms with Gasteiger partial charge in [-0.3, -0.25) is 0 Å². The molecule has 1 amide bonds. The summed E-state index contributed by atoms with van der Waals surface area (Å²) in [6, 6.07) is 0.110. The number of rotatable bonds is 0. The maximum Gasteiger partial charge on any atom is 0.410 e. The molecule has 2 saturated heterocycles. The van der Waals surface area contributed by atoms with Crippen molar-refractivity contribution < 1.29 is 14.3 Å². The predicted octanol–water partition coefficient (Wildman–Crippen LogP) is 1.36. The molecule has 2 aliphatic heterocycles. The highest BCUT2D eigenvalue weighted by molar-refractivity contribution is 5.68. The van der Waals surface area contributed by atoms with Gasteiger partial charge in [-0.1, -0.05) is 0 Å². The number of carbonyl (C=O) groups excluding carboxylic acids is 1. The quantitative estimate of drug-likeness (QED) is 0.711. The van der Waals surface area contributed by atoms with Crippen LogP contribution in [0.15, 0.2) is 0 Å². The van der Waals surface area contributed by atoms with Crippen molar-refractivity contribution in [2.75, 3.05) is 26.3 Å². The Morgan fingerprint density at radius 1 is 1.39 bits per heavy atom. The number of nitrogens with zero attached hydrogens (tertiary/aromatic N) is 1. The number of amides is 1. The first-order valence-corrected chi connectivity index (χ1v) is 6.64. The molecule has 2 fully saturated rings. The molecule has 2 aliphatic rings. The molecule has 2 rings (SSSR count). The van der Waals surface area contributed by atoms with Crippen molar-refractivity contribution in [3.05, 3.63) is 0 Å². The lowest BCUT2D eigenvalue weighted by Gasteiger charge is -2.40. The van der Waals surface area contributed by atoms with E-state index in [0.717, 1.165) is 19.4 Å². The second-order valence-corrected chi connectivity index (χ2v) is 6.45. The minimum absolute atomic E-state index is 0.0819. The lowest BCUT2D eigenvalue weighted by atomic mass is 9.75. The Kier molecular flexibility index (Phi) is 3.56. The molecule has 1 spiro atoms. The van der Waals surface area contributed by atoms with Crippen LogP contribution in [0.4, 0.5) is 4.79 Å². The minimum atomic E-state index is -0.431. The summed E-state index contributed by atoms with van der Waals surface area (Å²) in [7, 11) is 0. The van der Waals surface area contributed by atoms with E-state index in [-0.39, 0.29) is 17.6 Å². The van der Waals surface area contributed by atoms with Crippen LogP contribution in [0.1, 0.15) is 33.6 Å². The highest BCUT2D eigenvalue weighted by Crippen LogP contribution is 2.38. The summed E-state index contributed by atoms with van der Waals surface area (Å²) in [5.74, 6) is 0. The summed E-state index contributed by atoms with van der Waals surface area (Å²) in [6.07, 6.45) is 1.60. The summed E-state index contributed by atoms with van der Waals surface area (Å²) in [4.78, 5) is 13.7. The molecule has 0 radical (unpaired) electrons. The van der Waals surface area contributed by atoms with Crippen LogP contribution in [0.5, 0.6) is 0 Å². The van der Waals surface area contributed by atoms with Gasteiger partial charge >= 0.3 is 6.09 Å². The van der Waals surface area contributed by atoms with Gasteiger partial charge in [0, 0.05) is 24.5 Å². The van der Waals surface area contributed by atoms with E-state index in [4.69, 9.17) is 15.2 Å². The lowest BCUT2D eigenvalue weighted by molar-refractivity contribution is 0.00711. The third kappa shape index (κ3) is 2.78. The van der Waals surface area contributed by atoms with Crippen LogP contribution in [-0.2, 0) is 9.47 Å². The number of nitrogens with two attached hydrogens (primary N) is 1. The van der Waals surface area contributed by atoms with Crippen LogP contribution in [0, 0.1) is 5.41 Å². The average molecular weight is 256 g/mol. The van der Waals surface area contributed by atoms with Crippen LogP contribution in [-0.4, -0.2) is 48.9 Å². The Morgan fingerprint density at radius 2 is 2.00 bits per heavy atom. The predicted molar refractivity (Wildman–Crippen MR) is 68.3 cm³/mol. The fourth-order valence-corrected chi connectivity index (χ4v) is 2.65. The van der Waals surface area contributed by atoms with E-state index in [1.165, 1.54) is 0 Å². The Labute approximate surface area is 109 Å². The zero-order chi connectivity index (χ0) is 13.4. The van der Waals surface area contributed by atoms with Crippen LogP contribution >= 0.6 is 0 Å². The average Bonchev–Trinajstić information content (AvgIpc) is 2.59. The van der Waals surface area contributed by atoms with Crippen molar-refractivity contribution >= 4 is 6.09 Å². The van der Waals surface area contributed by atoms with Crippen molar-refractivity contribution in [3.63, 3.8) is 0 Å². The summed E-state index contributed by atoms with van der Waals surface area (Å²) < 4.78 is 10.8. The first-order valence-electron chi connectivity index (χ1n) is 6.64. The van der Waals surface area contributed by atoms with Gasteiger partial charge in [-0.25, -0.2) is 4.79 Å². The van der Waals surface area contributed by atoms with Crippen LogP contribution in [0.25, 0.3) is 0 Å². The van der Waals surface area contributed by atoms with Gasteiger partial charge in [0.25, 0.3) is 0 Å². The van der Waals surface area contributed by atoms with Crippen LogP contribution in [0.2, 0.25) is 0 Å². The van der Waals surface area contributed by atoms with E-state index in [1.54, 1.807) is 4.90 Å². The fourth-order valence-electron chi connectivity index (χ4n) is 2.65. The van der Waals surface area contributed by atoms with E-state index >= 15 is 0 Å². The molecule has 5 nitrogen and oxygen atoms in total. The largest absolute Gasteiger partial charge is 0.444 e. The molecule has 104 valence electrons. The standard InChI is InChI=1S/C13H24N2O3/c1-12(2,3)18-11(16)15-6-4-13(5-7-15)9-17-8-10(13)14/h10H,4-9,14H2,1-3H3/t10-/m0/s1. The van der Waals surface area contributed by atoms with Gasteiger partial charge in [0.1, 0.15) is 5.60 Å². The minimum Gasteiger partial charge on any atom is -0.444 e. The summed E-state index contributed by atoms with van der Waals surface area (Å²) in [5.41, 5.74) is 5.76. The molecular formula is C13H24N2O3. The van der Waals surface area contributed by atoms with Crippen molar-refractivity contribution in [3.8, 4) is 0 Å². The lowest BCUT2D eigenvalue weighted by Crippen LogP contribution is -2.51. The van der Waals surface area contributed by atoms with Gasteiger partial charge in [0.05, 0.1) is 13.2 Å². The zero-order valence-electron chi connectivity index (χ0n) is 11.6. The van der Waals surface area contributed by atoms with Gasteiger partial charge in [-0.15, -0.1) is 0 Å². The van der Waals surface area contributed by atoms with Gasteiger partial charge in [-0.05, 0) is 33.6 Å². The van der Waals surface area contributed by atoms with E-state index in [0.29, 0.717) is 19.7 Å². The highest BCUT2D eigenvalue weighted by Gasteiger charge is 2.45. The number of hydrogen-bond acceptors (Lipinski definition) is 4. The molecule has 2 heterocycles. The Bertz CT molecular complexity index is 317. The molecule has 0 aromatic carbocycles. The van der Waals surface area contributed by atoms with Crippen LogP contribution < -0.4 is 5.73 Å². The maximum atomic E-state index is 11.9. The number of piperidine rings is 1. The molecule has 18 heavy (non-hydrogen) atoms. The third-order valence-corrected chi connectivity index (χ3v) is 3.88. The SMILES string of the molecule is CC(C)(C)OC(=O)N1CCC2(CC1)COC[C@@H]2N. The fraction of sp³-hybridized carbons (Fsp3) is 0.923. The molecule has 0 aliphatic carbocycles. The second-order valence-electron chi connectivity index (χ2n) is 6.45. The summed E-state index contributed by atoms with van der Waals surface area (Å²) in [6.45, 7) is 8.46. The monoisotopic (exact) mass is 256 g/mol. The molecular weight excluding hydrogens is 232 g/mol. The molecule has 5 heteroatoms. The van der Waals surface area contributed by atoms with Crippen LogP contribution in [0.3, 0.4) is 0 Å². The molecule has 0 unspecified atom stereocenters. The summed E-state index contributed by atoms with van der Waals surface area (Å²) in [5, 5.41) is 0. The third-order valence-electron chi connectivity index (χ3n) is 3.88. The molecule has 0 saturated carbocycles. The zero-order valence-corrected chi connectivity index (χ0v) is 11.6. The van der Waals surface area contributed by atoms with E-state index < -0.39 is 5.60 Å². The van der Waals surface area contributed by atoms with E-state index in [9.17, 15) is 4.79 Å². The normalized spacial score (nSPS) is 27.6. The smallest absolute Gasteiger partial charge is 0.410 e. The molecule has 0 bridgehead atoms. The van der Waals surface area contributed by atoms with Crippen molar-refractivity contribution in [2.24, 2.45) is 11.1 Å². The highest BCUT2D eigenvalue weighted by atomic mass is 16.6. The Balaban J connectivity index is 1.89. The maximum absolute atomic E-state index is 11.9. The van der Waals surface area contributed by atoms with Gasteiger partial charge in [0.15, 0.2) is 0 Å². The van der Waals surface area contributed by atoms with Gasteiger partial charge < -0.3 is 20.1 Å². The second kappa shape index (κ2) is 4.70. The first-order chi connectivity index (χ1) is 8.32. The van der Waals surface area contributed by atoms with Gasteiger partial charge in [-0.2, -0.15) is 0 Å². The number of likely N-dealkylation sites (tertiary alicyclic amines) is 1. The van der Waals surface area contributed by atoms with Gasteiger partial charge in [0.2, 0.25) is 0 Å². The molecule has 0 aromatic heterocycles. The number of hydrogen-bond donors (Lipinski definition) is 1.